The molecule has 0 unspecified atom stereocenters. The number of hydrogen-bond acceptors (Lipinski definition) is 6. The van der Waals surface area contributed by atoms with E-state index in [9.17, 15) is 23.3 Å². The van der Waals surface area contributed by atoms with E-state index in [-0.39, 0.29) is 29.6 Å². The van der Waals surface area contributed by atoms with E-state index in [1.165, 1.54) is 19.2 Å². The van der Waals surface area contributed by atoms with Crippen molar-refractivity contribution in [2.24, 2.45) is 0 Å². The highest BCUT2D eigenvalue weighted by Crippen LogP contribution is 2.35. The summed E-state index contributed by atoms with van der Waals surface area (Å²) in [5.74, 6) is -0.416. The van der Waals surface area contributed by atoms with Gasteiger partial charge in [-0.05, 0) is 25.0 Å². The zero-order valence-electron chi connectivity index (χ0n) is 17.2. The maximum Gasteiger partial charge on any atom is 0.271 e. The minimum absolute atomic E-state index is 0.0661. The van der Waals surface area contributed by atoms with Crippen LogP contribution in [0.1, 0.15) is 31.9 Å². The van der Waals surface area contributed by atoms with E-state index in [1.54, 1.807) is 13.8 Å². The smallest absolute Gasteiger partial charge is 0.271 e. The maximum atomic E-state index is 13.0. The summed E-state index contributed by atoms with van der Waals surface area (Å²) >= 11 is 0. The van der Waals surface area contributed by atoms with Crippen LogP contribution in [0.5, 0.6) is 5.75 Å². The molecule has 0 bridgehead atoms. The zero-order chi connectivity index (χ0) is 22.5. The van der Waals surface area contributed by atoms with E-state index < -0.39 is 26.9 Å². The quantitative estimate of drug-likeness (QED) is 0.478. The predicted octanol–water partition coefficient (Wildman–Crippen LogP) is 3.03. The number of nitro groups is 1. The van der Waals surface area contributed by atoms with Crippen molar-refractivity contribution in [1.29, 1.82) is 0 Å². The molecule has 2 aromatic rings. The number of benzene rings is 2. The SMILES string of the molecule is CC[C@@H](C(=O)N[C@H](C)c1ccccc1)N(c1cc([N+](=O)[O-])ccc1OC)S(C)(=O)=O. The molecule has 0 saturated heterocycles. The Morgan fingerprint density at radius 1 is 1.23 bits per heavy atom. The highest BCUT2D eigenvalue weighted by Gasteiger charge is 2.35. The third-order valence-electron chi connectivity index (χ3n) is 4.60. The van der Waals surface area contributed by atoms with E-state index in [4.69, 9.17) is 4.74 Å². The Balaban J connectivity index is 2.48. The van der Waals surface area contributed by atoms with Gasteiger partial charge >= 0.3 is 0 Å². The molecule has 0 aromatic heterocycles. The molecule has 0 radical (unpaired) electrons. The summed E-state index contributed by atoms with van der Waals surface area (Å²) in [6.07, 6.45) is 1.09. The van der Waals surface area contributed by atoms with Gasteiger partial charge in [-0.15, -0.1) is 0 Å². The van der Waals surface area contributed by atoms with E-state index in [0.29, 0.717) is 0 Å². The molecule has 0 spiro atoms. The Labute approximate surface area is 175 Å². The Kier molecular flexibility index (Phi) is 7.38. The van der Waals surface area contributed by atoms with Gasteiger partial charge in [-0.3, -0.25) is 19.2 Å². The van der Waals surface area contributed by atoms with Crippen molar-refractivity contribution in [1.82, 2.24) is 5.32 Å². The Morgan fingerprint density at radius 3 is 2.37 bits per heavy atom. The highest BCUT2D eigenvalue weighted by molar-refractivity contribution is 7.92. The molecule has 2 rings (SSSR count). The van der Waals surface area contributed by atoms with Crippen LogP contribution in [0.25, 0.3) is 0 Å². The number of methoxy groups -OCH3 is 1. The molecule has 30 heavy (non-hydrogen) atoms. The zero-order valence-corrected chi connectivity index (χ0v) is 18.0. The summed E-state index contributed by atoms with van der Waals surface area (Å²) in [6.45, 7) is 3.46. The van der Waals surface area contributed by atoms with Crippen LogP contribution in [0.2, 0.25) is 0 Å². The van der Waals surface area contributed by atoms with Crippen molar-refractivity contribution >= 4 is 27.3 Å². The molecular formula is C20H25N3O6S. The van der Waals surface area contributed by atoms with Gasteiger partial charge in [0.15, 0.2) is 0 Å². The molecule has 9 nitrogen and oxygen atoms in total. The van der Waals surface area contributed by atoms with E-state index in [0.717, 1.165) is 22.2 Å². The van der Waals surface area contributed by atoms with E-state index in [1.807, 2.05) is 30.3 Å². The van der Waals surface area contributed by atoms with Crippen LogP contribution < -0.4 is 14.4 Å². The van der Waals surface area contributed by atoms with Crippen molar-refractivity contribution in [3.63, 3.8) is 0 Å². The molecule has 2 atom stereocenters. The number of carbonyl (C=O) groups is 1. The highest BCUT2D eigenvalue weighted by atomic mass is 32.2. The van der Waals surface area contributed by atoms with Crippen LogP contribution in [-0.2, 0) is 14.8 Å². The minimum Gasteiger partial charge on any atom is -0.495 e. The summed E-state index contributed by atoms with van der Waals surface area (Å²) in [7, 11) is -2.66. The van der Waals surface area contributed by atoms with Crippen molar-refractivity contribution in [3.8, 4) is 5.75 Å². The molecule has 0 heterocycles. The molecule has 0 aliphatic rings. The molecule has 1 N–H and O–H groups in total. The number of anilines is 1. The molecular weight excluding hydrogens is 410 g/mol. The molecule has 0 aliphatic heterocycles. The number of rotatable bonds is 9. The van der Waals surface area contributed by atoms with E-state index >= 15 is 0 Å². The lowest BCUT2D eigenvalue weighted by Gasteiger charge is -2.31. The first kappa shape index (κ1) is 23.1. The summed E-state index contributed by atoms with van der Waals surface area (Å²) in [4.78, 5) is 23.6. The van der Waals surface area contributed by atoms with Gasteiger partial charge in [0.1, 0.15) is 17.5 Å². The number of ether oxygens (including phenoxy) is 1. The van der Waals surface area contributed by atoms with Gasteiger partial charge < -0.3 is 10.1 Å². The van der Waals surface area contributed by atoms with Crippen molar-refractivity contribution in [2.45, 2.75) is 32.4 Å². The summed E-state index contributed by atoms with van der Waals surface area (Å²) in [6, 6.07) is 11.4. The fourth-order valence-electron chi connectivity index (χ4n) is 3.13. The average Bonchev–Trinajstić information content (AvgIpc) is 2.70. The van der Waals surface area contributed by atoms with Gasteiger partial charge in [-0.25, -0.2) is 8.42 Å². The lowest BCUT2D eigenvalue weighted by Crippen LogP contribution is -2.49. The Bertz CT molecular complexity index is 1010. The summed E-state index contributed by atoms with van der Waals surface area (Å²) in [5, 5.41) is 14.0. The predicted molar refractivity (Wildman–Crippen MR) is 114 cm³/mol. The van der Waals surface area contributed by atoms with Gasteiger partial charge in [0, 0.05) is 12.1 Å². The van der Waals surface area contributed by atoms with Crippen molar-refractivity contribution < 1.29 is 22.9 Å². The second-order valence-electron chi connectivity index (χ2n) is 6.74. The lowest BCUT2D eigenvalue weighted by atomic mass is 10.1. The average molecular weight is 436 g/mol. The fourth-order valence-corrected chi connectivity index (χ4v) is 4.34. The van der Waals surface area contributed by atoms with Gasteiger partial charge in [0.05, 0.1) is 24.3 Å². The second-order valence-corrected chi connectivity index (χ2v) is 8.60. The minimum atomic E-state index is -3.98. The Morgan fingerprint density at radius 2 is 1.87 bits per heavy atom. The van der Waals surface area contributed by atoms with Gasteiger partial charge in [-0.2, -0.15) is 0 Å². The number of non-ortho nitro benzene ring substituents is 1. The number of carbonyl (C=O) groups excluding carboxylic acids is 1. The third kappa shape index (κ3) is 5.26. The number of nitro benzene ring substituents is 1. The largest absolute Gasteiger partial charge is 0.495 e. The van der Waals surface area contributed by atoms with E-state index in [2.05, 4.69) is 5.32 Å². The molecule has 1 amide bonds. The number of hydrogen-bond donors (Lipinski definition) is 1. The molecule has 0 saturated carbocycles. The van der Waals surface area contributed by atoms with Crippen LogP contribution in [-0.4, -0.2) is 38.7 Å². The Hall–Kier alpha value is -3.14. The molecule has 162 valence electrons. The fraction of sp³-hybridized carbons (Fsp3) is 0.350. The maximum absolute atomic E-state index is 13.0. The van der Waals surface area contributed by atoms with Crippen molar-refractivity contribution in [3.05, 3.63) is 64.2 Å². The van der Waals surface area contributed by atoms with Crippen LogP contribution in [0, 0.1) is 10.1 Å². The van der Waals surface area contributed by atoms with Crippen LogP contribution >= 0.6 is 0 Å². The van der Waals surface area contributed by atoms with Crippen LogP contribution in [0.4, 0.5) is 11.4 Å². The summed E-state index contributed by atoms with van der Waals surface area (Å²) in [5.41, 5.74) is 0.482. The lowest BCUT2D eigenvalue weighted by molar-refractivity contribution is -0.384. The van der Waals surface area contributed by atoms with Gasteiger partial charge in [0.25, 0.3) is 5.69 Å². The normalized spacial score (nSPS) is 13.2. The topological polar surface area (TPSA) is 119 Å². The molecule has 0 fully saturated rings. The number of amides is 1. The second kappa shape index (κ2) is 9.57. The standard InChI is InChI=1S/C20H25N3O6S/c1-5-17(20(24)21-14(2)15-9-7-6-8-10-15)22(30(4,27)28)18-13-16(23(25)26)11-12-19(18)29-3/h6-14,17H,5H2,1-4H3,(H,21,24)/t14-,17+/m1/s1. The first-order chi connectivity index (χ1) is 14.1. The number of nitrogens with zero attached hydrogens (tertiary/aromatic N) is 2. The third-order valence-corrected chi connectivity index (χ3v) is 5.76. The van der Waals surface area contributed by atoms with Crippen LogP contribution in [0.15, 0.2) is 48.5 Å². The molecule has 10 heteroatoms. The molecule has 0 aliphatic carbocycles. The summed E-state index contributed by atoms with van der Waals surface area (Å²) < 4.78 is 31.4. The first-order valence-corrected chi connectivity index (χ1v) is 11.1. The van der Waals surface area contributed by atoms with Crippen molar-refractivity contribution in [2.75, 3.05) is 17.7 Å². The number of nitrogens with one attached hydrogen (secondary N) is 1. The number of sulfonamides is 1. The van der Waals surface area contributed by atoms with Crippen LogP contribution in [0.3, 0.4) is 0 Å². The monoisotopic (exact) mass is 435 g/mol. The first-order valence-electron chi connectivity index (χ1n) is 9.27. The van der Waals surface area contributed by atoms with Gasteiger partial charge in [0.2, 0.25) is 15.9 Å². The molecule has 2 aromatic carbocycles. The van der Waals surface area contributed by atoms with Gasteiger partial charge in [-0.1, -0.05) is 37.3 Å².